The third kappa shape index (κ3) is 6.25. The van der Waals surface area contributed by atoms with Crippen LogP contribution in [0.25, 0.3) is 33.4 Å². The van der Waals surface area contributed by atoms with Gasteiger partial charge in [-0.15, -0.1) is 0 Å². The summed E-state index contributed by atoms with van der Waals surface area (Å²) < 4.78 is 15.2. The molecule has 212 valence electrons. The molecule has 0 saturated heterocycles. The molecule has 7 heteroatoms. The van der Waals surface area contributed by atoms with Crippen LogP contribution >= 0.6 is 0 Å². The first-order valence-electron chi connectivity index (χ1n) is 14.1. The summed E-state index contributed by atoms with van der Waals surface area (Å²) in [6.45, 7) is 12.0. The van der Waals surface area contributed by atoms with Gasteiger partial charge in [-0.2, -0.15) is 0 Å². The zero-order chi connectivity index (χ0) is 29.1. The number of ether oxygens (including phenoxy) is 2. The minimum atomic E-state index is -0.555. The molecule has 5 rings (SSSR count). The number of hydrogen-bond acceptors (Lipinski definition) is 5. The van der Waals surface area contributed by atoms with Gasteiger partial charge in [0.2, 0.25) is 0 Å². The van der Waals surface area contributed by atoms with Crippen molar-refractivity contribution in [3.63, 3.8) is 0 Å². The van der Waals surface area contributed by atoms with E-state index in [1.807, 2.05) is 51.4 Å². The quantitative estimate of drug-likeness (QED) is 0.183. The highest BCUT2D eigenvalue weighted by molar-refractivity contribution is 5.97. The number of fused-ring (bicyclic) bond motifs is 1. The van der Waals surface area contributed by atoms with E-state index in [9.17, 15) is 4.79 Å². The fourth-order valence-electron chi connectivity index (χ4n) is 5.08. The molecule has 3 aromatic carbocycles. The third-order valence-corrected chi connectivity index (χ3v) is 7.07. The van der Waals surface area contributed by atoms with Crippen LogP contribution in [-0.4, -0.2) is 44.4 Å². The van der Waals surface area contributed by atoms with Gasteiger partial charge in [0.25, 0.3) is 0 Å². The van der Waals surface area contributed by atoms with E-state index in [2.05, 4.69) is 70.6 Å². The molecule has 2 heterocycles. The van der Waals surface area contributed by atoms with Crippen LogP contribution in [0.4, 0.5) is 0 Å². The predicted molar refractivity (Wildman–Crippen MR) is 163 cm³/mol. The highest BCUT2D eigenvalue weighted by Crippen LogP contribution is 2.30. The largest absolute Gasteiger partial charge is 0.456 e. The summed E-state index contributed by atoms with van der Waals surface area (Å²) >= 11 is 0. The van der Waals surface area contributed by atoms with Crippen molar-refractivity contribution >= 4 is 17.0 Å². The number of esters is 1. The van der Waals surface area contributed by atoms with Crippen molar-refractivity contribution in [2.45, 2.75) is 59.7 Å². The van der Waals surface area contributed by atoms with Crippen LogP contribution in [0.3, 0.4) is 0 Å². The Kier molecular flexibility index (Phi) is 8.08. The Balaban J connectivity index is 1.46. The van der Waals surface area contributed by atoms with E-state index in [1.165, 1.54) is 0 Å². The normalized spacial score (nSPS) is 11.8. The van der Waals surface area contributed by atoms with Gasteiger partial charge in [0.05, 0.1) is 35.2 Å². The standard InChI is InChI=1S/C34H38N4O3/c1-7-31-36-32-23(2)18-26(29-21-37(22-35-29)16-17-40-6)19-30(32)38(31)20-24-12-14-25(15-13-24)27-10-8-9-11-28(27)33(39)41-34(3,4)5/h8-15,18-19,21-22H,7,16-17,20H2,1-6H3. The number of benzene rings is 3. The second-order valence-corrected chi connectivity index (χ2v) is 11.4. The van der Waals surface area contributed by atoms with Gasteiger partial charge in [0, 0.05) is 38.4 Å². The predicted octanol–water partition coefficient (Wildman–Crippen LogP) is 7.09. The van der Waals surface area contributed by atoms with Gasteiger partial charge in [0.1, 0.15) is 11.4 Å². The second kappa shape index (κ2) is 11.7. The maximum atomic E-state index is 12.9. The highest BCUT2D eigenvalue weighted by atomic mass is 16.6. The van der Waals surface area contributed by atoms with Gasteiger partial charge in [-0.3, -0.25) is 0 Å². The minimum Gasteiger partial charge on any atom is -0.456 e. The topological polar surface area (TPSA) is 71.2 Å². The fraction of sp³-hybridized carbons (Fsp3) is 0.324. The third-order valence-electron chi connectivity index (χ3n) is 7.07. The van der Waals surface area contributed by atoms with E-state index in [-0.39, 0.29) is 5.97 Å². The van der Waals surface area contributed by atoms with E-state index < -0.39 is 5.60 Å². The summed E-state index contributed by atoms with van der Waals surface area (Å²) in [4.78, 5) is 22.5. The number of carbonyl (C=O) groups is 1. The number of aryl methyl sites for hydroxylation is 2. The van der Waals surface area contributed by atoms with Crippen LogP contribution in [0.5, 0.6) is 0 Å². The molecule has 5 aromatic rings. The molecule has 0 atom stereocenters. The number of aromatic nitrogens is 4. The Labute approximate surface area is 241 Å². The molecule has 41 heavy (non-hydrogen) atoms. The van der Waals surface area contributed by atoms with Crippen LogP contribution < -0.4 is 0 Å². The van der Waals surface area contributed by atoms with Crippen molar-refractivity contribution in [1.82, 2.24) is 19.1 Å². The number of carbonyl (C=O) groups excluding carboxylic acids is 1. The number of hydrogen-bond donors (Lipinski definition) is 0. The number of methoxy groups -OCH3 is 1. The summed E-state index contributed by atoms with van der Waals surface area (Å²) in [5.74, 6) is 0.731. The van der Waals surface area contributed by atoms with Crippen LogP contribution in [0.15, 0.2) is 73.2 Å². The highest BCUT2D eigenvalue weighted by Gasteiger charge is 2.21. The molecule has 2 aromatic heterocycles. The lowest BCUT2D eigenvalue weighted by Gasteiger charge is -2.20. The molecule has 0 unspecified atom stereocenters. The van der Waals surface area contributed by atoms with Gasteiger partial charge in [-0.05, 0) is 68.1 Å². The summed E-state index contributed by atoms with van der Waals surface area (Å²) in [7, 11) is 1.71. The van der Waals surface area contributed by atoms with Gasteiger partial charge in [-0.25, -0.2) is 14.8 Å². The molecular weight excluding hydrogens is 512 g/mol. The molecule has 0 aliphatic heterocycles. The zero-order valence-electron chi connectivity index (χ0n) is 24.8. The van der Waals surface area contributed by atoms with E-state index in [4.69, 9.17) is 14.5 Å². The van der Waals surface area contributed by atoms with Crippen molar-refractivity contribution in [3.8, 4) is 22.4 Å². The summed E-state index contributed by atoms with van der Waals surface area (Å²) in [6, 6.07) is 20.4. The molecule has 7 nitrogen and oxygen atoms in total. The van der Waals surface area contributed by atoms with E-state index in [1.54, 1.807) is 7.11 Å². The molecule has 0 spiro atoms. The SMILES string of the molecule is CCc1nc2c(C)cc(-c3cn(CCOC)cn3)cc2n1Cc1ccc(-c2ccccc2C(=O)OC(C)(C)C)cc1. The molecule has 0 aliphatic carbocycles. The summed E-state index contributed by atoms with van der Waals surface area (Å²) in [5, 5.41) is 0. The Morgan fingerprint density at radius 3 is 2.46 bits per heavy atom. The van der Waals surface area contributed by atoms with Gasteiger partial charge < -0.3 is 18.6 Å². The van der Waals surface area contributed by atoms with Gasteiger partial charge in [0.15, 0.2) is 0 Å². The monoisotopic (exact) mass is 550 g/mol. The van der Waals surface area contributed by atoms with Crippen LogP contribution in [0.1, 0.15) is 55.0 Å². The van der Waals surface area contributed by atoms with E-state index in [0.29, 0.717) is 18.7 Å². The zero-order valence-corrected chi connectivity index (χ0v) is 24.8. The first kappa shape index (κ1) is 28.3. The van der Waals surface area contributed by atoms with Gasteiger partial charge in [-0.1, -0.05) is 49.4 Å². The second-order valence-electron chi connectivity index (χ2n) is 11.4. The summed E-state index contributed by atoms with van der Waals surface area (Å²) in [6.07, 6.45) is 4.75. The molecule has 0 N–H and O–H groups in total. The number of rotatable bonds is 9. The Morgan fingerprint density at radius 1 is 1.00 bits per heavy atom. The molecule has 0 bridgehead atoms. The first-order valence-corrected chi connectivity index (χ1v) is 14.1. The van der Waals surface area contributed by atoms with Crippen molar-refractivity contribution in [2.24, 2.45) is 0 Å². The lowest BCUT2D eigenvalue weighted by Crippen LogP contribution is -2.24. The van der Waals surface area contributed by atoms with Crippen molar-refractivity contribution in [3.05, 3.63) is 95.7 Å². The van der Waals surface area contributed by atoms with Crippen LogP contribution in [0.2, 0.25) is 0 Å². The molecule has 0 saturated carbocycles. The Morgan fingerprint density at radius 2 is 1.76 bits per heavy atom. The van der Waals surface area contributed by atoms with Crippen molar-refractivity contribution < 1.29 is 14.3 Å². The molecular formula is C34H38N4O3. The van der Waals surface area contributed by atoms with Gasteiger partial charge >= 0.3 is 5.97 Å². The Bertz CT molecular complexity index is 1670. The van der Waals surface area contributed by atoms with Crippen LogP contribution in [0, 0.1) is 6.92 Å². The van der Waals surface area contributed by atoms with E-state index >= 15 is 0 Å². The maximum Gasteiger partial charge on any atom is 0.339 e. The lowest BCUT2D eigenvalue weighted by atomic mass is 9.98. The van der Waals surface area contributed by atoms with Crippen molar-refractivity contribution in [2.75, 3.05) is 13.7 Å². The average Bonchev–Trinajstić information content (AvgIpc) is 3.56. The van der Waals surface area contributed by atoms with E-state index in [0.717, 1.165) is 63.3 Å². The molecule has 0 radical (unpaired) electrons. The molecule has 0 aliphatic rings. The summed E-state index contributed by atoms with van der Waals surface area (Å²) in [5.41, 5.74) is 8.27. The number of imidazole rings is 2. The first-order chi connectivity index (χ1) is 19.7. The van der Waals surface area contributed by atoms with Crippen LogP contribution in [-0.2, 0) is 29.0 Å². The average molecular weight is 551 g/mol. The number of nitrogens with zero attached hydrogens (tertiary/aromatic N) is 4. The molecule has 0 fully saturated rings. The molecule has 0 amide bonds. The fourth-order valence-corrected chi connectivity index (χ4v) is 5.08. The lowest BCUT2D eigenvalue weighted by molar-refractivity contribution is 0.00704. The Hall–Kier alpha value is -4.23. The maximum absolute atomic E-state index is 12.9. The smallest absolute Gasteiger partial charge is 0.339 e. The van der Waals surface area contributed by atoms with Crippen molar-refractivity contribution in [1.29, 1.82) is 0 Å². The minimum absolute atomic E-state index is 0.315.